The second-order valence-electron chi connectivity index (χ2n) is 13.5. The van der Waals surface area contributed by atoms with Gasteiger partial charge in [0.1, 0.15) is 17.7 Å². The third-order valence-electron chi connectivity index (χ3n) is 7.14. The molecule has 0 aromatic heterocycles. The Morgan fingerprint density at radius 2 is 1.16 bits per heavy atom. The van der Waals surface area contributed by atoms with E-state index in [0.29, 0.717) is 30.6 Å². The topological polar surface area (TPSA) is 89.2 Å². The van der Waals surface area contributed by atoms with Gasteiger partial charge in [0.15, 0.2) is 0 Å². The highest BCUT2D eigenvalue weighted by atomic mass is 16.3. The van der Waals surface area contributed by atoms with Crippen molar-refractivity contribution in [2.45, 2.75) is 98.8 Å². The molecule has 0 atom stereocenters. The molecule has 0 amide bonds. The zero-order valence-corrected chi connectivity index (χ0v) is 24.9. The van der Waals surface area contributed by atoms with Crippen molar-refractivity contribution in [1.82, 2.24) is 10.6 Å². The highest BCUT2D eigenvalue weighted by Crippen LogP contribution is 2.32. The molecule has 3 rings (SSSR count). The van der Waals surface area contributed by atoms with Crippen molar-refractivity contribution < 1.29 is 10.2 Å². The summed E-state index contributed by atoms with van der Waals surface area (Å²) >= 11 is 0. The Bertz CT molecular complexity index is 1090. The van der Waals surface area contributed by atoms with Gasteiger partial charge in [-0.25, -0.2) is 0 Å². The lowest BCUT2D eigenvalue weighted by Crippen LogP contribution is -2.37. The minimum absolute atomic E-state index is 0.0388. The fourth-order valence-corrected chi connectivity index (χ4v) is 4.49. The van der Waals surface area contributed by atoms with Crippen molar-refractivity contribution in [3.05, 3.63) is 57.6 Å². The molecule has 1 aliphatic rings. The molecule has 208 valence electrons. The van der Waals surface area contributed by atoms with Gasteiger partial charge in [0, 0.05) is 60.9 Å². The molecule has 4 bridgehead atoms. The lowest BCUT2D eigenvalue weighted by molar-refractivity contribution is 0.317. The fourth-order valence-electron chi connectivity index (χ4n) is 4.49. The maximum Gasteiger partial charge on any atom is 0.139 e. The van der Waals surface area contributed by atoms with Crippen LogP contribution in [-0.4, -0.2) is 41.9 Å². The van der Waals surface area contributed by atoms with Gasteiger partial charge in [-0.3, -0.25) is 9.98 Å². The molecule has 2 aromatic carbocycles. The van der Waals surface area contributed by atoms with Gasteiger partial charge in [0.25, 0.3) is 0 Å². The van der Waals surface area contributed by atoms with Crippen molar-refractivity contribution >= 4 is 12.4 Å². The molecule has 0 saturated heterocycles. The van der Waals surface area contributed by atoms with E-state index >= 15 is 0 Å². The SMILES string of the molecule is CCC1/N=C/c2cc(C(C)(C)C)cc(c2O)CNCC(C)(C)CNCc2cc(C(C)(C)C)cc(c2O)/C=N/1. The molecule has 0 aliphatic carbocycles. The molecular formula is C32H48N4O2. The first-order valence-electron chi connectivity index (χ1n) is 13.8. The van der Waals surface area contributed by atoms with Crippen LogP contribution in [-0.2, 0) is 23.9 Å². The number of fused-ring (bicyclic) bond motifs is 4. The molecule has 0 saturated carbocycles. The van der Waals surface area contributed by atoms with E-state index in [-0.39, 0.29) is 33.9 Å². The van der Waals surface area contributed by atoms with Gasteiger partial charge >= 0.3 is 0 Å². The van der Waals surface area contributed by atoms with Crippen LogP contribution in [0.4, 0.5) is 0 Å². The Labute approximate surface area is 229 Å². The normalized spacial score (nSPS) is 19.4. The summed E-state index contributed by atoms with van der Waals surface area (Å²) < 4.78 is 0. The zero-order chi connectivity index (χ0) is 28.3. The average molecular weight is 521 g/mol. The highest BCUT2D eigenvalue weighted by molar-refractivity contribution is 5.86. The summed E-state index contributed by atoms with van der Waals surface area (Å²) in [6.07, 6.45) is 3.86. The van der Waals surface area contributed by atoms with E-state index in [4.69, 9.17) is 9.98 Å². The Morgan fingerprint density at radius 3 is 1.50 bits per heavy atom. The third kappa shape index (κ3) is 7.67. The highest BCUT2D eigenvalue weighted by Gasteiger charge is 2.22. The molecule has 1 aliphatic heterocycles. The lowest BCUT2D eigenvalue weighted by Gasteiger charge is -2.27. The molecule has 0 radical (unpaired) electrons. The van der Waals surface area contributed by atoms with E-state index in [1.54, 1.807) is 12.4 Å². The molecule has 2 aromatic rings. The summed E-state index contributed by atoms with van der Waals surface area (Å²) in [4.78, 5) is 9.46. The number of hydrogen-bond donors (Lipinski definition) is 4. The van der Waals surface area contributed by atoms with Crippen LogP contribution in [0.1, 0.15) is 102 Å². The summed E-state index contributed by atoms with van der Waals surface area (Å²) in [7, 11) is 0. The third-order valence-corrected chi connectivity index (χ3v) is 7.14. The standard InChI is InChI=1S/C32H48N4O2/c1-10-27-35-17-23-13-25(30(2,3)4)11-21(28(23)37)15-33-19-32(8,9)20-34-16-22-12-26(31(5,6)7)14-24(18-36-27)29(22)38/h11-14,17-18,27,33-34,37-38H,10,15-16,19-20H2,1-9H3/b35-17+,36-18+. The molecule has 0 unspecified atom stereocenters. The molecule has 0 spiro atoms. The number of nitrogens with zero attached hydrogens (tertiary/aromatic N) is 2. The largest absolute Gasteiger partial charge is 0.507 e. The molecule has 4 N–H and O–H groups in total. The van der Waals surface area contributed by atoms with E-state index in [2.05, 4.69) is 78.2 Å². The van der Waals surface area contributed by atoms with Crippen LogP contribution in [0, 0.1) is 5.41 Å². The maximum absolute atomic E-state index is 11.1. The molecule has 6 heteroatoms. The van der Waals surface area contributed by atoms with E-state index in [1.165, 1.54) is 0 Å². The van der Waals surface area contributed by atoms with Crippen LogP contribution in [0.25, 0.3) is 0 Å². The summed E-state index contributed by atoms with van der Waals surface area (Å²) in [5.41, 5.74) is 5.26. The molecule has 1 heterocycles. The number of nitrogens with one attached hydrogen (secondary N) is 2. The lowest BCUT2D eigenvalue weighted by atomic mass is 9.84. The second kappa shape index (κ2) is 11.6. The Hall–Kier alpha value is -2.70. The predicted molar refractivity (Wildman–Crippen MR) is 160 cm³/mol. The van der Waals surface area contributed by atoms with E-state index in [0.717, 1.165) is 35.3 Å². The number of aromatic hydroxyl groups is 2. The first-order chi connectivity index (χ1) is 17.6. The van der Waals surface area contributed by atoms with Crippen molar-refractivity contribution in [2.24, 2.45) is 15.4 Å². The first kappa shape index (κ1) is 29.9. The van der Waals surface area contributed by atoms with Gasteiger partial charge in [-0.2, -0.15) is 0 Å². The van der Waals surface area contributed by atoms with Gasteiger partial charge in [0.2, 0.25) is 0 Å². The molecule has 0 fully saturated rings. The average Bonchev–Trinajstić information content (AvgIpc) is 2.80. The number of phenolic OH excluding ortho intramolecular Hbond substituents is 2. The molecule has 6 nitrogen and oxygen atoms in total. The van der Waals surface area contributed by atoms with Crippen molar-refractivity contribution in [3.8, 4) is 11.5 Å². The summed E-state index contributed by atoms with van der Waals surface area (Å²) in [5.74, 6) is 0.510. The number of phenols is 2. The molecule has 38 heavy (non-hydrogen) atoms. The van der Waals surface area contributed by atoms with Crippen LogP contribution >= 0.6 is 0 Å². The Kier molecular flexibility index (Phi) is 9.10. The summed E-state index contributed by atoms with van der Waals surface area (Å²) in [6.45, 7) is 22.2. The number of aliphatic imine (C=N–C) groups is 2. The first-order valence-corrected chi connectivity index (χ1v) is 13.8. The van der Waals surface area contributed by atoms with Crippen LogP contribution in [0.3, 0.4) is 0 Å². The van der Waals surface area contributed by atoms with Gasteiger partial charge in [-0.15, -0.1) is 0 Å². The number of rotatable bonds is 1. The van der Waals surface area contributed by atoms with Crippen molar-refractivity contribution in [3.63, 3.8) is 0 Å². The quantitative estimate of drug-likeness (QED) is 0.361. The summed E-state index contributed by atoms with van der Waals surface area (Å²) in [5, 5.41) is 29.4. The van der Waals surface area contributed by atoms with Gasteiger partial charge in [-0.1, -0.05) is 74.4 Å². The van der Waals surface area contributed by atoms with Gasteiger partial charge in [0.05, 0.1) is 0 Å². The molecular weight excluding hydrogens is 472 g/mol. The Morgan fingerprint density at radius 1 is 0.763 bits per heavy atom. The summed E-state index contributed by atoms with van der Waals surface area (Å²) in [6, 6.07) is 8.24. The minimum atomic E-state index is -0.326. The minimum Gasteiger partial charge on any atom is -0.507 e. The number of hydrogen-bond acceptors (Lipinski definition) is 6. The van der Waals surface area contributed by atoms with Gasteiger partial charge in [-0.05, 0) is 45.9 Å². The monoisotopic (exact) mass is 520 g/mol. The second-order valence-corrected chi connectivity index (χ2v) is 13.5. The maximum atomic E-state index is 11.1. The van der Waals surface area contributed by atoms with E-state index < -0.39 is 0 Å². The van der Waals surface area contributed by atoms with Crippen LogP contribution in [0.2, 0.25) is 0 Å². The van der Waals surface area contributed by atoms with Gasteiger partial charge < -0.3 is 20.8 Å². The Balaban J connectivity index is 2.11. The van der Waals surface area contributed by atoms with Crippen LogP contribution < -0.4 is 10.6 Å². The predicted octanol–water partition coefficient (Wildman–Crippen LogP) is 6.19. The zero-order valence-electron chi connectivity index (χ0n) is 24.9. The van der Waals surface area contributed by atoms with Crippen molar-refractivity contribution in [2.75, 3.05) is 13.1 Å². The number of benzene rings is 2. The van der Waals surface area contributed by atoms with Crippen LogP contribution in [0.15, 0.2) is 34.3 Å². The smallest absolute Gasteiger partial charge is 0.139 e. The van der Waals surface area contributed by atoms with E-state index in [1.807, 2.05) is 19.1 Å². The fraction of sp³-hybridized carbons (Fsp3) is 0.562. The van der Waals surface area contributed by atoms with Crippen molar-refractivity contribution in [1.29, 1.82) is 0 Å². The van der Waals surface area contributed by atoms with E-state index in [9.17, 15) is 10.2 Å². The van der Waals surface area contributed by atoms with Crippen LogP contribution in [0.5, 0.6) is 11.5 Å².